The fourth-order valence-corrected chi connectivity index (χ4v) is 1.77. The number of benzene rings is 1. The van der Waals surface area contributed by atoms with Crippen LogP contribution >= 0.6 is 12.4 Å². The van der Waals surface area contributed by atoms with Crippen LogP contribution in [0.2, 0.25) is 0 Å². The van der Waals surface area contributed by atoms with Crippen molar-refractivity contribution >= 4 is 18.3 Å². The fourth-order valence-electron chi connectivity index (χ4n) is 1.77. The van der Waals surface area contributed by atoms with Gasteiger partial charge in [-0.05, 0) is 13.1 Å². The Labute approximate surface area is 124 Å². The molecule has 2 rings (SSSR count). The van der Waals surface area contributed by atoms with Crippen molar-refractivity contribution in [1.82, 2.24) is 20.4 Å². The van der Waals surface area contributed by atoms with Gasteiger partial charge >= 0.3 is 0 Å². The molecule has 0 bridgehead atoms. The molecular weight excluding hydrogens is 276 g/mol. The van der Waals surface area contributed by atoms with Crippen molar-refractivity contribution in [1.29, 1.82) is 0 Å². The molecule has 0 radical (unpaired) electrons. The number of carbonyl (C=O) groups is 1. The number of nitrogens with zero attached hydrogens (tertiary/aromatic N) is 2. The van der Waals surface area contributed by atoms with Crippen LogP contribution in [0.5, 0.6) is 0 Å². The predicted molar refractivity (Wildman–Crippen MR) is 82.2 cm³/mol. The van der Waals surface area contributed by atoms with Gasteiger partial charge in [0.2, 0.25) is 0 Å². The highest BCUT2D eigenvalue weighted by atomic mass is 35.5. The minimum absolute atomic E-state index is 0. The molecule has 0 unspecified atom stereocenters. The van der Waals surface area contributed by atoms with Gasteiger partial charge in [0.25, 0.3) is 5.91 Å². The van der Waals surface area contributed by atoms with E-state index >= 15 is 0 Å². The Kier molecular flexibility index (Phi) is 6.21. The van der Waals surface area contributed by atoms with E-state index in [-0.39, 0.29) is 18.3 Å². The van der Waals surface area contributed by atoms with Crippen molar-refractivity contribution < 1.29 is 4.79 Å². The summed E-state index contributed by atoms with van der Waals surface area (Å²) in [5.41, 5.74) is 2.29. The molecule has 0 aliphatic rings. The van der Waals surface area contributed by atoms with Crippen LogP contribution in [0.1, 0.15) is 10.5 Å². The molecule has 2 aromatic rings. The molecule has 0 fully saturated rings. The minimum Gasteiger partial charge on any atom is -0.339 e. The average Bonchev–Trinajstić information content (AvgIpc) is 2.94. The molecule has 1 amide bonds. The van der Waals surface area contributed by atoms with Gasteiger partial charge in [-0.25, -0.2) is 0 Å². The third-order valence-corrected chi connectivity index (χ3v) is 2.92. The second-order valence-electron chi connectivity index (χ2n) is 4.36. The molecule has 20 heavy (non-hydrogen) atoms. The normalized spacial score (nSPS) is 9.90. The van der Waals surface area contributed by atoms with Gasteiger partial charge < -0.3 is 10.2 Å². The summed E-state index contributed by atoms with van der Waals surface area (Å²) in [6.45, 7) is 1.43. The molecule has 0 aliphatic heterocycles. The van der Waals surface area contributed by atoms with Gasteiger partial charge in [0.05, 0.1) is 5.69 Å². The summed E-state index contributed by atoms with van der Waals surface area (Å²) < 4.78 is 0. The molecular formula is C14H19ClN4O. The van der Waals surface area contributed by atoms with Gasteiger partial charge in [0.15, 0.2) is 0 Å². The van der Waals surface area contributed by atoms with E-state index in [9.17, 15) is 4.79 Å². The molecule has 108 valence electrons. The van der Waals surface area contributed by atoms with E-state index in [1.807, 2.05) is 37.4 Å². The molecule has 0 aliphatic carbocycles. The Morgan fingerprint density at radius 1 is 1.35 bits per heavy atom. The van der Waals surface area contributed by atoms with Crippen molar-refractivity contribution in [3.8, 4) is 11.3 Å². The maximum Gasteiger partial charge on any atom is 0.271 e. The number of aromatic nitrogens is 2. The third kappa shape index (κ3) is 3.82. The summed E-state index contributed by atoms with van der Waals surface area (Å²) in [6.07, 6.45) is 0. The zero-order chi connectivity index (χ0) is 13.7. The number of nitrogens with one attached hydrogen (secondary N) is 2. The Bertz CT molecular complexity index is 541. The van der Waals surface area contributed by atoms with E-state index in [0.29, 0.717) is 12.2 Å². The highest BCUT2D eigenvalue weighted by molar-refractivity contribution is 5.93. The van der Waals surface area contributed by atoms with E-state index in [0.717, 1.165) is 17.8 Å². The van der Waals surface area contributed by atoms with Crippen LogP contribution in [0.15, 0.2) is 36.4 Å². The monoisotopic (exact) mass is 294 g/mol. The first-order valence-electron chi connectivity index (χ1n) is 6.23. The molecule has 1 heterocycles. The van der Waals surface area contributed by atoms with Gasteiger partial charge in [-0.2, -0.15) is 5.10 Å². The van der Waals surface area contributed by atoms with Crippen LogP contribution in [0.4, 0.5) is 0 Å². The quantitative estimate of drug-likeness (QED) is 0.884. The summed E-state index contributed by atoms with van der Waals surface area (Å²) in [7, 11) is 3.64. The lowest BCUT2D eigenvalue weighted by atomic mass is 10.1. The van der Waals surface area contributed by atoms with Crippen LogP contribution in [-0.2, 0) is 0 Å². The highest BCUT2D eigenvalue weighted by Gasteiger charge is 2.14. The van der Waals surface area contributed by atoms with Crippen molar-refractivity contribution in [2.45, 2.75) is 0 Å². The maximum absolute atomic E-state index is 12.1. The van der Waals surface area contributed by atoms with Crippen LogP contribution in [-0.4, -0.2) is 48.2 Å². The van der Waals surface area contributed by atoms with Gasteiger partial charge in [0.1, 0.15) is 5.69 Å². The summed E-state index contributed by atoms with van der Waals surface area (Å²) in [5, 5.41) is 10.00. The van der Waals surface area contributed by atoms with Crippen molar-refractivity contribution in [3.05, 3.63) is 42.1 Å². The number of carbonyl (C=O) groups excluding carboxylic acids is 1. The molecule has 0 spiro atoms. The lowest BCUT2D eigenvalue weighted by Crippen LogP contribution is -2.32. The topological polar surface area (TPSA) is 61.0 Å². The Hall–Kier alpha value is -1.85. The fraction of sp³-hybridized carbons (Fsp3) is 0.286. The summed E-state index contributed by atoms with van der Waals surface area (Å²) in [4.78, 5) is 13.8. The SMILES string of the molecule is CNCCN(C)C(=O)c1cc(-c2ccccc2)n[nH]1.Cl. The lowest BCUT2D eigenvalue weighted by molar-refractivity contribution is 0.0791. The van der Waals surface area contributed by atoms with Gasteiger partial charge in [0, 0.05) is 25.7 Å². The predicted octanol–water partition coefficient (Wildman–Crippen LogP) is 1.79. The molecule has 0 saturated heterocycles. The van der Waals surface area contributed by atoms with Crippen molar-refractivity contribution in [3.63, 3.8) is 0 Å². The van der Waals surface area contributed by atoms with Gasteiger partial charge in [-0.1, -0.05) is 30.3 Å². The maximum atomic E-state index is 12.1. The molecule has 5 nitrogen and oxygen atoms in total. The van der Waals surface area contributed by atoms with Gasteiger partial charge in [-0.15, -0.1) is 12.4 Å². The second kappa shape index (κ2) is 7.67. The summed E-state index contributed by atoms with van der Waals surface area (Å²) in [6, 6.07) is 11.6. The van der Waals surface area contributed by atoms with E-state index in [1.165, 1.54) is 0 Å². The number of hydrogen-bond donors (Lipinski definition) is 2. The number of hydrogen-bond acceptors (Lipinski definition) is 3. The van der Waals surface area contributed by atoms with Crippen molar-refractivity contribution in [2.75, 3.05) is 27.2 Å². The summed E-state index contributed by atoms with van der Waals surface area (Å²) >= 11 is 0. The largest absolute Gasteiger partial charge is 0.339 e. The zero-order valence-electron chi connectivity index (χ0n) is 11.6. The van der Waals surface area contributed by atoms with Crippen LogP contribution < -0.4 is 5.32 Å². The number of rotatable bonds is 5. The molecule has 6 heteroatoms. The van der Waals surface area contributed by atoms with E-state index in [4.69, 9.17) is 0 Å². The first kappa shape index (κ1) is 16.2. The molecule has 0 atom stereocenters. The zero-order valence-corrected chi connectivity index (χ0v) is 12.4. The van der Waals surface area contributed by atoms with E-state index in [1.54, 1.807) is 18.0 Å². The van der Waals surface area contributed by atoms with Crippen LogP contribution in [0, 0.1) is 0 Å². The number of halogens is 1. The summed E-state index contributed by atoms with van der Waals surface area (Å²) in [5.74, 6) is -0.0510. The standard InChI is InChI=1S/C14H18N4O.ClH/c1-15-8-9-18(2)14(19)13-10-12(16-17-13)11-6-4-3-5-7-11;/h3-7,10,15H,8-9H2,1-2H3,(H,16,17);1H. The van der Waals surface area contributed by atoms with Crippen molar-refractivity contribution in [2.24, 2.45) is 0 Å². The smallest absolute Gasteiger partial charge is 0.271 e. The Morgan fingerprint density at radius 3 is 2.70 bits per heavy atom. The third-order valence-electron chi connectivity index (χ3n) is 2.92. The molecule has 0 saturated carbocycles. The highest BCUT2D eigenvalue weighted by Crippen LogP contribution is 2.17. The molecule has 1 aromatic heterocycles. The van der Waals surface area contributed by atoms with Gasteiger partial charge in [-0.3, -0.25) is 9.89 Å². The molecule has 2 N–H and O–H groups in total. The first-order valence-corrected chi connectivity index (χ1v) is 6.23. The number of H-pyrrole nitrogens is 1. The average molecular weight is 295 g/mol. The Morgan fingerprint density at radius 2 is 2.05 bits per heavy atom. The molecule has 1 aromatic carbocycles. The number of aromatic amines is 1. The van der Waals surface area contributed by atoms with E-state index < -0.39 is 0 Å². The van der Waals surface area contributed by atoms with E-state index in [2.05, 4.69) is 15.5 Å². The minimum atomic E-state index is -0.0510. The Balaban J connectivity index is 0.00000200. The lowest BCUT2D eigenvalue weighted by Gasteiger charge is -2.15. The number of likely N-dealkylation sites (N-methyl/N-ethyl adjacent to an activating group) is 2. The first-order chi connectivity index (χ1) is 9.22. The van der Waals surface area contributed by atoms with Crippen LogP contribution in [0.3, 0.4) is 0 Å². The second-order valence-corrected chi connectivity index (χ2v) is 4.36. The number of amides is 1. The van der Waals surface area contributed by atoms with Crippen LogP contribution in [0.25, 0.3) is 11.3 Å².